The molecule has 0 saturated heterocycles. The molecule has 19 heavy (non-hydrogen) atoms. The second kappa shape index (κ2) is 6.41. The lowest BCUT2D eigenvalue weighted by atomic mass is 9.95. The molecule has 1 aromatic rings. The molecule has 108 valence electrons. The predicted molar refractivity (Wildman–Crippen MR) is 79.2 cm³/mol. The average Bonchev–Trinajstić information content (AvgIpc) is 2.39. The Morgan fingerprint density at radius 2 is 1.84 bits per heavy atom. The molecule has 0 aromatic heterocycles. The van der Waals surface area contributed by atoms with Gasteiger partial charge in [0.05, 0.1) is 10.0 Å². The van der Waals surface area contributed by atoms with Crippen molar-refractivity contribution in [3.63, 3.8) is 0 Å². The zero-order valence-corrected chi connectivity index (χ0v) is 13.2. The van der Waals surface area contributed by atoms with Crippen LogP contribution < -0.4 is 10.5 Å². The van der Waals surface area contributed by atoms with Crippen LogP contribution in [-0.2, 0) is 10.0 Å². The normalized spacial score (nSPS) is 12.7. The summed E-state index contributed by atoms with van der Waals surface area (Å²) in [6.45, 7) is 4.00. The second-order valence-corrected chi connectivity index (χ2v) is 6.97. The fourth-order valence-electron chi connectivity index (χ4n) is 1.51. The molecule has 1 aromatic carbocycles. The van der Waals surface area contributed by atoms with Crippen LogP contribution in [-0.4, -0.2) is 20.5 Å². The molecule has 0 aliphatic rings. The van der Waals surface area contributed by atoms with Crippen molar-refractivity contribution in [3.8, 4) is 0 Å². The van der Waals surface area contributed by atoms with E-state index in [1.165, 1.54) is 18.2 Å². The van der Waals surface area contributed by atoms with Gasteiger partial charge in [-0.3, -0.25) is 0 Å². The molecule has 0 aliphatic carbocycles. The third kappa shape index (κ3) is 4.07. The molecule has 0 saturated carbocycles. The quantitative estimate of drug-likeness (QED) is 0.845. The number of sulfonamides is 1. The van der Waals surface area contributed by atoms with E-state index in [1.807, 2.05) is 13.8 Å². The summed E-state index contributed by atoms with van der Waals surface area (Å²) in [7, 11) is -3.71. The first kappa shape index (κ1) is 16.7. The average molecular weight is 325 g/mol. The highest BCUT2D eigenvalue weighted by Crippen LogP contribution is 2.28. The minimum absolute atomic E-state index is 0.0206. The smallest absolute Gasteiger partial charge is 0.242 e. The van der Waals surface area contributed by atoms with Crippen LogP contribution in [0.1, 0.15) is 26.7 Å². The van der Waals surface area contributed by atoms with Crippen LogP contribution in [0.15, 0.2) is 23.1 Å². The van der Waals surface area contributed by atoms with Crippen molar-refractivity contribution in [2.45, 2.75) is 37.1 Å². The summed E-state index contributed by atoms with van der Waals surface area (Å²) in [6.07, 6.45) is 1.35. The van der Waals surface area contributed by atoms with Crippen molar-refractivity contribution in [1.29, 1.82) is 0 Å². The zero-order valence-electron chi connectivity index (χ0n) is 10.9. The lowest BCUT2D eigenvalue weighted by Gasteiger charge is -2.26. The maximum Gasteiger partial charge on any atom is 0.242 e. The number of hydrogen-bond donors (Lipinski definition) is 2. The van der Waals surface area contributed by atoms with Gasteiger partial charge in [-0.1, -0.05) is 43.1 Å². The van der Waals surface area contributed by atoms with Gasteiger partial charge in [-0.15, -0.1) is 0 Å². The van der Waals surface area contributed by atoms with Gasteiger partial charge < -0.3 is 5.73 Å². The molecule has 0 unspecified atom stereocenters. The summed E-state index contributed by atoms with van der Waals surface area (Å²) in [5, 5.41) is 0.224. The van der Waals surface area contributed by atoms with Crippen LogP contribution in [0, 0.1) is 0 Å². The molecule has 0 spiro atoms. The number of nitrogens with one attached hydrogen (secondary N) is 1. The first-order valence-corrected chi connectivity index (χ1v) is 8.22. The fraction of sp³-hybridized carbons (Fsp3) is 0.500. The summed E-state index contributed by atoms with van der Waals surface area (Å²) in [6, 6.07) is 4.49. The molecule has 0 bridgehead atoms. The monoisotopic (exact) mass is 324 g/mol. The molecule has 0 amide bonds. The second-order valence-electron chi connectivity index (χ2n) is 4.45. The molecule has 1 rings (SSSR count). The van der Waals surface area contributed by atoms with E-state index in [0.29, 0.717) is 12.8 Å². The molecular formula is C12H18Cl2N2O2S. The van der Waals surface area contributed by atoms with Gasteiger partial charge in [0.1, 0.15) is 4.90 Å². The van der Waals surface area contributed by atoms with Crippen LogP contribution in [0.2, 0.25) is 10.0 Å². The van der Waals surface area contributed by atoms with Crippen LogP contribution >= 0.6 is 23.2 Å². The molecule has 0 heterocycles. The summed E-state index contributed by atoms with van der Waals surface area (Å²) in [5.41, 5.74) is 5.51. The predicted octanol–water partition coefficient (Wildman–Crippen LogP) is 2.79. The maximum absolute atomic E-state index is 12.2. The Kier molecular flexibility index (Phi) is 5.65. The summed E-state index contributed by atoms with van der Waals surface area (Å²) < 4.78 is 26.8. The van der Waals surface area contributed by atoms with Gasteiger partial charge in [0.25, 0.3) is 0 Å². The highest BCUT2D eigenvalue weighted by atomic mass is 35.5. The third-order valence-electron chi connectivity index (χ3n) is 3.23. The van der Waals surface area contributed by atoms with Crippen molar-refractivity contribution in [2.75, 3.05) is 6.54 Å². The van der Waals surface area contributed by atoms with Gasteiger partial charge in [0, 0.05) is 12.1 Å². The Bertz CT molecular complexity index is 543. The molecule has 7 heteroatoms. The highest BCUT2D eigenvalue weighted by molar-refractivity contribution is 7.89. The maximum atomic E-state index is 12.2. The van der Waals surface area contributed by atoms with Crippen molar-refractivity contribution >= 4 is 33.2 Å². The van der Waals surface area contributed by atoms with Gasteiger partial charge in [-0.05, 0) is 25.0 Å². The van der Waals surface area contributed by atoms with Crippen LogP contribution in [0.3, 0.4) is 0 Å². The van der Waals surface area contributed by atoms with E-state index in [4.69, 9.17) is 28.9 Å². The zero-order chi connectivity index (χ0) is 14.7. The molecule has 3 N–H and O–H groups in total. The summed E-state index contributed by atoms with van der Waals surface area (Å²) >= 11 is 11.7. The Morgan fingerprint density at radius 1 is 1.26 bits per heavy atom. The SMILES string of the molecule is CCC(N)(CC)CNS(=O)(=O)c1cccc(Cl)c1Cl. The number of rotatable bonds is 6. The standard InChI is InChI=1S/C12H18Cl2N2O2S/c1-3-12(15,4-2)8-16-19(17,18)10-7-5-6-9(13)11(10)14/h5-7,16H,3-4,8,15H2,1-2H3. The van der Waals surface area contributed by atoms with Gasteiger partial charge in [0.15, 0.2) is 0 Å². The first-order valence-electron chi connectivity index (χ1n) is 5.98. The Morgan fingerprint density at radius 3 is 2.37 bits per heavy atom. The molecular weight excluding hydrogens is 307 g/mol. The number of benzene rings is 1. The van der Waals surface area contributed by atoms with E-state index >= 15 is 0 Å². The van der Waals surface area contributed by atoms with Crippen LogP contribution in [0.5, 0.6) is 0 Å². The van der Waals surface area contributed by atoms with Gasteiger partial charge in [0.2, 0.25) is 10.0 Å². The Balaban J connectivity index is 2.97. The number of nitrogens with two attached hydrogens (primary N) is 1. The van der Waals surface area contributed by atoms with Crippen molar-refractivity contribution in [3.05, 3.63) is 28.2 Å². The van der Waals surface area contributed by atoms with Crippen molar-refractivity contribution in [2.24, 2.45) is 5.73 Å². The van der Waals surface area contributed by atoms with Gasteiger partial charge >= 0.3 is 0 Å². The van der Waals surface area contributed by atoms with E-state index in [2.05, 4.69) is 4.72 Å². The topological polar surface area (TPSA) is 72.2 Å². The van der Waals surface area contributed by atoms with E-state index in [-0.39, 0.29) is 21.5 Å². The lowest BCUT2D eigenvalue weighted by Crippen LogP contribution is -2.49. The summed E-state index contributed by atoms with van der Waals surface area (Å²) in [5.74, 6) is 0. The third-order valence-corrected chi connectivity index (χ3v) is 5.60. The largest absolute Gasteiger partial charge is 0.324 e. The Hall–Kier alpha value is -0.330. The lowest BCUT2D eigenvalue weighted by molar-refractivity contribution is 0.392. The Labute approximate surface area is 124 Å². The fourth-order valence-corrected chi connectivity index (χ4v) is 3.41. The van der Waals surface area contributed by atoms with E-state index < -0.39 is 15.6 Å². The highest BCUT2D eigenvalue weighted by Gasteiger charge is 2.25. The minimum atomic E-state index is -3.71. The van der Waals surface area contributed by atoms with E-state index in [1.54, 1.807) is 0 Å². The molecule has 0 atom stereocenters. The minimum Gasteiger partial charge on any atom is -0.324 e. The number of hydrogen-bond acceptors (Lipinski definition) is 3. The number of halogens is 2. The molecule has 0 aliphatic heterocycles. The van der Waals surface area contributed by atoms with E-state index in [9.17, 15) is 8.42 Å². The van der Waals surface area contributed by atoms with E-state index in [0.717, 1.165) is 0 Å². The molecule has 0 fully saturated rings. The molecule has 4 nitrogen and oxygen atoms in total. The van der Waals surface area contributed by atoms with Crippen molar-refractivity contribution < 1.29 is 8.42 Å². The van der Waals surface area contributed by atoms with Gasteiger partial charge in [-0.25, -0.2) is 13.1 Å². The molecule has 0 radical (unpaired) electrons. The first-order chi connectivity index (χ1) is 8.75. The summed E-state index contributed by atoms with van der Waals surface area (Å²) in [4.78, 5) is -0.0313. The van der Waals surface area contributed by atoms with Crippen LogP contribution in [0.25, 0.3) is 0 Å². The van der Waals surface area contributed by atoms with Crippen molar-refractivity contribution in [1.82, 2.24) is 4.72 Å². The van der Waals surface area contributed by atoms with Crippen LogP contribution in [0.4, 0.5) is 0 Å². The van der Waals surface area contributed by atoms with Gasteiger partial charge in [-0.2, -0.15) is 0 Å².